The molecule has 0 spiro atoms. The van der Waals surface area contributed by atoms with Crippen molar-refractivity contribution in [3.63, 3.8) is 0 Å². The van der Waals surface area contributed by atoms with Gasteiger partial charge in [-0.3, -0.25) is 4.79 Å². The second-order valence-corrected chi connectivity index (χ2v) is 11.6. The van der Waals surface area contributed by atoms with Crippen LogP contribution in [0.25, 0.3) is 12.2 Å². The van der Waals surface area contributed by atoms with Gasteiger partial charge in [0.05, 0.1) is 0 Å². The number of rotatable bonds is 5. The molecule has 1 unspecified atom stereocenters. The number of sulfonamides is 1. The first kappa shape index (κ1) is 24.5. The maximum atomic E-state index is 13.6. The van der Waals surface area contributed by atoms with Gasteiger partial charge in [-0.1, -0.05) is 59.3 Å². The molecule has 188 valence electrons. The number of anilines is 1. The van der Waals surface area contributed by atoms with E-state index in [4.69, 9.17) is 4.52 Å². The molecule has 0 radical (unpaired) electrons. The summed E-state index contributed by atoms with van der Waals surface area (Å²) >= 11 is 0. The number of piperidine rings is 1. The Morgan fingerprint density at radius 2 is 1.72 bits per heavy atom. The summed E-state index contributed by atoms with van der Waals surface area (Å²) in [6.07, 6.45) is 5.30. The molecular weight excluding hydrogens is 474 g/mol. The molecule has 7 nitrogen and oxygen atoms in total. The van der Waals surface area contributed by atoms with Crippen LogP contribution in [0.2, 0.25) is 0 Å². The SMILES string of the molecule is Cc1ccc(/C=C/c2onc(C)c2S(=O)(=O)N2CCC(C(=O)N3c4ccccc4CC3C)CC2)cc1. The van der Waals surface area contributed by atoms with Crippen molar-refractivity contribution in [1.29, 1.82) is 0 Å². The summed E-state index contributed by atoms with van der Waals surface area (Å²) in [4.78, 5) is 15.4. The normalized spacial score (nSPS) is 19.2. The monoisotopic (exact) mass is 505 g/mol. The van der Waals surface area contributed by atoms with Crippen molar-refractivity contribution in [3.8, 4) is 0 Å². The Balaban J connectivity index is 1.30. The molecule has 1 saturated heterocycles. The number of aryl methyl sites for hydroxylation is 2. The highest BCUT2D eigenvalue weighted by Crippen LogP contribution is 2.35. The van der Waals surface area contributed by atoms with E-state index in [0.29, 0.717) is 18.5 Å². The maximum Gasteiger partial charge on any atom is 0.248 e. The maximum absolute atomic E-state index is 13.6. The second kappa shape index (κ2) is 9.67. The second-order valence-electron chi connectivity index (χ2n) is 9.77. The number of hydrogen-bond acceptors (Lipinski definition) is 5. The summed E-state index contributed by atoms with van der Waals surface area (Å²) in [6, 6.07) is 16.1. The van der Waals surface area contributed by atoms with Crippen molar-refractivity contribution in [2.24, 2.45) is 5.92 Å². The molecule has 0 aliphatic carbocycles. The van der Waals surface area contributed by atoms with Gasteiger partial charge in [0.15, 0.2) is 10.7 Å². The van der Waals surface area contributed by atoms with E-state index in [2.05, 4.69) is 18.1 Å². The molecule has 1 aromatic heterocycles. The van der Waals surface area contributed by atoms with Gasteiger partial charge >= 0.3 is 0 Å². The zero-order valence-electron chi connectivity index (χ0n) is 20.8. The van der Waals surface area contributed by atoms with E-state index in [1.54, 1.807) is 13.0 Å². The summed E-state index contributed by atoms with van der Waals surface area (Å²) in [7, 11) is -3.82. The minimum absolute atomic E-state index is 0.0902. The number of amides is 1. The van der Waals surface area contributed by atoms with Crippen LogP contribution in [0.3, 0.4) is 0 Å². The van der Waals surface area contributed by atoms with Crippen LogP contribution < -0.4 is 4.90 Å². The van der Waals surface area contributed by atoms with Crippen molar-refractivity contribution in [3.05, 3.63) is 76.7 Å². The summed E-state index contributed by atoms with van der Waals surface area (Å²) in [6.45, 7) is 6.29. The highest BCUT2D eigenvalue weighted by molar-refractivity contribution is 7.89. The van der Waals surface area contributed by atoms with Gasteiger partial charge in [-0.25, -0.2) is 8.42 Å². The van der Waals surface area contributed by atoms with Gasteiger partial charge in [0.1, 0.15) is 5.69 Å². The van der Waals surface area contributed by atoms with Crippen LogP contribution in [0.1, 0.15) is 47.9 Å². The van der Waals surface area contributed by atoms with Crippen LogP contribution in [0, 0.1) is 19.8 Å². The first-order valence-electron chi connectivity index (χ1n) is 12.4. The van der Waals surface area contributed by atoms with Crippen LogP contribution in [0.4, 0.5) is 5.69 Å². The number of aromatic nitrogens is 1. The number of fused-ring (bicyclic) bond motifs is 1. The third-order valence-electron chi connectivity index (χ3n) is 7.18. The van der Waals surface area contributed by atoms with Crippen molar-refractivity contribution < 1.29 is 17.7 Å². The molecule has 36 heavy (non-hydrogen) atoms. The topological polar surface area (TPSA) is 83.7 Å². The van der Waals surface area contributed by atoms with Gasteiger partial charge in [-0.15, -0.1) is 0 Å². The number of benzene rings is 2. The van der Waals surface area contributed by atoms with E-state index in [0.717, 1.165) is 23.2 Å². The summed E-state index contributed by atoms with van der Waals surface area (Å²) in [5, 5.41) is 3.94. The Morgan fingerprint density at radius 3 is 2.44 bits per heavy atom. The largest absolute Gasteiger partial charge is 0.355 e. The van der Waals surface area contributed by atoms with Crippen LogP contribution >= 0.6 is 0 Å². The molecule has 8 heteroatoms. The van der Waals surface area contributed by atoms with E-state index in [1.165, 1.54) is 9.87 Å². The molecule has 1 amide bonds. The van der Waals surface area contributed by atoms with E-state index >= 15 is 0 Å². The lowest BCUT2D eigenvalue weighted by molar-refractivity contribution is -0.123. The average Bonchev–Trinajstić information content (AvgIpc) is 3.42. The van der Waals surface area contributed by atoms with Crippen molar-refractivity contribution in [2.75, 3.05) is 18.0 Å². The first-order chi connectivity index (χ1) is 17.3. The van der Waals surface area contributed by atoms with Gasteiger partial charge in [0, 0.05) is 30.7 Å². The molecule has 0 saturated carbocycles. The molecule has 2 aromatic carbocycles. The number of hydrogen-bond donors (Lipinski definition) is 0. The fourth-order valence-electron chi connectivity index (χ4n) is 5.22. The van der Waals surface area contributed by atoms with Gasteiger partial charge < -0.3 is 9.42 Å². The van der Waals surface area contributed by atoms with E-state index in [-0.39, 0.29) is 41.6 Å². The standard InChI is InChI=1S/C28H31N3O4S/c1-19-8-10-22(11-9-19)12-13-26-27(21(3)29-35-26)36(33,34)30-16-14-23(15-17-30)28(32)31-20(2)18-24-6-4-5-7-25(24)31/h4-13,20,23H,14-18H2,1-3H3/b13-12+. The summed E-state index contributed by atoms with van der Waals surface area (Å²) < 4.78 is 34.0. The fourth-order valence-corrected chi connectivity index (χ4v) is 6.94. The molecular formula is C28H31N3O4S. The molecule has 2 aliphatic rings. The molecule has 5 rings (SSSR count). The summed E-state index contributed by atoms with van der Waals surface area (Å²) in [5.41, 5.74) is 4.59. The molecule has 2 aliphatic heterocycles. The molecule has 0 bridgehead atoms. The quantitative estimate of drug-likeness (QED) is 0.495. The third-order valence-corrected chi connectivity index (χ3v) is 9.24. The number of para-hydroxylation sites is 1. The minimum Gasteiger partial charge on any atom is -0.355 e. The average molecular weight is 506 g/mol. The Hall–Kier alpha value is -3.23. The predicted octanol–water partition coefficient (Wildman–Crippen LogP) is 4.84. The zero-order chi connectivity index (χ0) is 25.4. The molecule has 0 N–H and O–H groups in total. The fraction of sp³-hybridized carbons (Fsp3) is 0.357. The Labute approximate surface area is 212 Å². The summed E-state index contributed by atoms with van der Waals surface area (Å²) in [5.74, 6) is 0.107. The van der Waals surface area contributed by atoms with Crippen LogP contribution in [-0.4, -0.2) is 42.9 Å². The number of carbonyl (C=O) groups excluding carboxylic acids is 1. The van der Waals surface area contributed by atoms with Crippen molar-refractivity contribution in [2.45, 2.75) is 51.0 Å². The lowest BCUT2D eigenvalue weighted by Crippen LogP contribution is -2.46. The molecule has 3 heterocycles. The first-order valence-corrected chi connectivity index (χ1v) is 13.8. The Kier molecular flexibility index (Phi) is 6.57. The van der Waals surface area contributed by atoms with Crippen LogP contribution in [0.15, 0.2) is 57.9 Å². The van der Waals surface area contributed by atoms with Crippen molar-refractivity contribution in [1.82, 2.24) is 9.46 Å². The Bertz CT molecular complexity index is 1400. The number of carbonyl (C=O) groups is 1. The Morgan fingerprint density at radius 1 is 1.03 bits per heavy atom. The van der Waals surface area contributed by atoms with Crippen molar-refractivity contribution >= 4 is 33.8 Å². The van der Waals surface area contributed by atoms with Gasteiger partial charge in [-0.2, -0.15) is 4.31 Å². The highest BCUT2D eigenvalue weighted by atomic mass is 32.2. The van der Waals surface area contributed by atoms with E-state index in [9.17, 15) is 13.2 Å². The highest BCUT2D eigenvalue weighted by Gasteiger charge is 2.39. The molecule has 1 atom stereocenters. The van der Waals surface area contributed by atoms with E-state index < -0.39 is 10.0 Å². The molecule has 1 fully saturated rings. The third kappa shape index (κ3) is 4.51. The lowest BCUT2D eigenvalue weighted by Gasteiger charge is -2.34. The smallest absolute Gasteiger partial charge is 0.248 e. The number of nitrogens with zero attached hydrogens (tertiary/aromatic N) is 3. The molecule has 3 aromatic rings. The van der Waals surface area contributed by atoms with Gasteiger partial charge in [0.25, 0.3) is 0 Å². The minimum atomic E-state index is -3.82. The van der Waals surface area contributed by atoms with Crippen LogP contribution in [0.5, 0.6) is 0 Å². The predicted molar refractivity (Wildman–Crippen MR) is 140 cm³/mol. The van der Waals surface area contributed by atoms with Crippen LogP contribution in [-0.2, 0) is 21.2 Å². The zero-order valence-corrected chi connectivity index (χ0v) is 21.7. The lowest BCUT2D eigenvalue weighted by atomic mass is 9.96. The van der Waals surface area contributed by atoms with Gasteiger partial charge in [-0.05, 0) is 63.3 Å². The van der Waals surface area contributed by atoms with Gasteiger partial charge in [0.2, 0.25) is 15.9 Å². The van der Waals surface area contributed by atoms with E-state index in [1.807, 2.05) is 60.4 Å².